The summed E-state index contributed by atoms with van der Waals surface area (Å²) in [7, 11) is -9.72. The van der Waals surface area contributed by atoms with Crippen LogP contribution in [0.2, 0.25) is 5.02 Å². The molecule has 0 bridgehead atoms. The standard InChI is InChI=1S/C19H18ClF5N4O4S.C2H6/c20-11-5-12-18(29-19(27-12)33-14-8-32-15-13(30)7-31-16(14)15)28-17(11)26-6-9-1-3-10(4-2-9)34(21,22,23,24)25;1-2/h1-5,13-16,30H,6-8H2,(H2,26,27,28,29);1-2H3/t13-,14-,15-,16-;/m1./s1. The van der Waals surface area contributed by atoms with Gasteiger partial charge >= 0.3 is 10.2 Å². The van der Waals surface area contributed by atoms with Crippen molar-refractivity contribution in [3.05, 3.63) is 40.9 Å². The van der Waals surface area contributed by atoms with Crippen molar-refractivity contribution in [1.82, 2.24) is 15.0 Å². The fourth-order valence-corrected chi connectivity index (χ4v) is 4.68. The summed E-state index contributed by atoms with van der Waals surface area (Å²) >= 11 is 6.24. The van der Waals surface area contributed by atoms with Gasteiger partial charge in [0.2, 0.25) is 0 Å². The highest BCUT2D eigenvalue weighted by atomic mass is 35.5. The Balaban J connectivity index is 0.00000148. The topological polar surface area (TPSA) is 102 Å². The molecule has 4 atom stereocenters. The third kappa shape index (κ3) is 5.62. The lowest BCUT2D eigenvalue weighted by Crippen LogP contribution is -2.34. The lowest BCUT2D eigenvalue weighted by molar-refractivity contribution is 0.00706. The summed E-state index contributed by atoms with van der Waals surface area (Å²) in [6.45, 7) is 4.35. The molecule has 36 heavy (non-hydrogen) atoms. The van der Waals surface area contributed by atoms with Crippen molar-refractivity contribution in [1.29, 1.82) is 0 Å². The average Bonchev–Trinajstić information content (AvgIpc) is 3.49. The first kappa shape index (κ1) is 26.7. The quantitative estimate of drug-likeness (QED) is 0.328. The summed E-state index contributed by atoms with van der Waals surface area (Å²) in [5, 5.41) is 12.9. The maximum atomic E-state index is 12.9. The number of ether oxygens (including phenoxy) is 3. The number of pyridine rings is 1. The molecule has 0 unspecified atom stereocenters. The van der Waals surface area contributed by atoms with Crippen molar-refractivity contribution in [2.75, 3.05) is 18.5 Å². The smallest absolute Gasteiger partial charge is 0.310 e. The molecule has 2 aliphatic rings. The molecule has 200 valence electrons. The Hall–Kier alpha value is -2.39. The average molecular weight is 559 g/mol. The van der Waals surface area contributed by atoms with E-state index in [1.165, 1.54) is 6.07 Å². The highest BCUT2D eigenvalue weighted by Crippen LogP contribution is 3.02. The molecule has 2 aliphatic heterocycles. The van der Waals surface area contributed by atoms with Gasteiger partial charge in [-0.2, -0.15) is 4.98 Å². The molecule has 0 aliphatic carbocycles. The minimum atomic E-state index is -9.72. The van der Waals surface area contributed by atoms with E-state index >= 15 is 0 Å². The summed E-state index contributed by atoms with van der Waals surface area (Å²) in [5.41, 5.74) is 1.03. The number of rotatable bonds is 6. The maximum absolute atomic E-state index is 12.9. The van der Waals surface area contributed by atoms with Gasteiger partial charge in [0, 0.05) is 6.54 Å². The number of hydrogen-bond acceptors (Lipinski definition) is 7. The second-order valence-electron chi connectivity index (χ2n) is 8.02. The molecule has 3 N–H and O–H groups in total. The fourth-order valence-electron chi connectivity index (χ4n) is 3.81. The first-order chi connectivity index (χ1) is 16.8. The summed E-state index contributed by atoms with van der Waals surface area (Å²) < 4.78 is 81.1. The molecule has 1 aromatic carbocycles. The van der Waals surface area contributed by atoms with Crippen LogP contribution in [0.1, 0.15) is 19.4 Å². The molecular weight excluding hydrogens is 535 g/mol. The van der Waals surface area contributed by atoms with Crippen LogP contribution < -0.4 is 10.1 Å². The van der Waals surface area contributed by atoms with E-state index in [1.54, 1.807) is 0 Å². The molecule has 3 aromatic rings. The summed E-state index contributed by atoms with van der Waals surface area (Å²) in [5.74, 6) is 0.190. The number of anilines is 1. The molecule has 0 spiro atoms. The molecule has 8 nitrogen and oxygen atoms in total. The number of aliphatic hydroxyl groups is 1. The van der Waals surface area contributed by atoms with Crippen molar-refractivity contribution in [2.24, 2.45) is 0 Å². The van der Waals surface area contributed by atoms with Crippen LogP contribution in [-0.2, 0) is 16.0 Å². The molecule has 0 radical (unpaired) electrons. The highest BCUT2D eigenvalue weighted by molar-refractivity contribution is 8.45. The van der Waals surface area contributed by atoms with E-state index in [0.29, 0.717) is 23.2 Å². The van der Waals surface area contributed by atoms with Gasteiger partial charge in [-0.25, -0.2) is 4.98 Å². The Bertz CT molecular complexity index is 1250. The zero-order valence-electron chi connectivity index (χ0n) is 19.1. The molecule has 2 fully saturated rings. The Morgan fingerprint density at radius 2 is 1.75 bits per heavy atom. The summed E-state index contributed by atoms with van der Waals surface area (Å²) in [6, 6.07) is 4.27. The largest absolute Gasteiger partial charge is 0.456 e. The van der Waals surface area contributed by atoms with Gasteiger partial charge in [0.15, 0.2) is 11.8 Å². The van der Waals surface area contributed by atoms with Gasteiger partial charge < -0.3 is 29.6 Å². The summed E-state index contributed by atoms with van der Waals surface area (Å²) in [4.78, 5) is 9.51. The third-order valence-corrected chi connectivity index (χ3v) is 6.93. The number of H-pyrrole nitrogens is 1. The second kappa shape index (κ2) is 8.87. The predicted molar refractivity (Wildman–Crippen MR) is 125 cm³/mol. The number of nitrogens with zero attached hydrogens (tertiary/aromatic N) is 2. The van der Waals surface area contributed by atoms with E-state index in [0.717, 1.165) is 12.1 Å². The van der Waals surface area contributed by atoms with Crippen molar-refractivity contribution in [3.8, 4) is 6.01 Å². The molecule has 5 rings (SSSR count). The number of hydrogen-bond donors (Lipinski definition) is 3. The molecule has 2 saturated heterocycles. The van der Waals surface area contributed by atoms with E-state index in [-0.39, 0.29) is 42.3 Å². The van der Waals surface area contributed by atoms with Crippen LogP contribution in [0, 0.1) is 0 Å². The van der Waals surface area contributed by atoms with Gasteiger partial charge in [0.25, 0.3) is 6.01 Å². The molecule has 0 saturated carbocycles. The number of aliphatic hydroxyl groups excluding tert-OH is 1. The zero-order valence-corrected chi connectivity index (χ0v) is 20.6. The Labute approximate surface area is 207 Å². The van der Waals surface area contributed by atoms with Gasteiger partial charge in [-0.3, -0.25) is 0 Å². The van der Waals surface area contributed by atoms with Crippen molar-refractivity contribution < 1.29 is 38.7 Å². The van der Waals surface area contributed by atoms with Gasteiger partial charge in [-0.1, -0.05) is 57.0 Å². The predicted octanol–water partition coefficient (Wildman–Crippen LogP) is 5.81. The monoisotopic (exact) mass is 558 g/mol. The molecular formula is C21H24ClF5N4O4S. The van der Waals surface area contributed by atoms with E-state index in [9.17, 15) is 24.5 Å². The van der Waals surface area contributed by atoms with Gasteiger partial charge in [0.05, 0.1) is 23.8 Å². The SMILES string of the molecule is CC.O[C@@H]1CO[C@H]2[C@@H]1OC[C@H]2Oc1nc2nc(NCc3ccc(S(F)(F)(F)(F)F)cc3)c(Cl)cc2[nH]1. The van der Waals surface area contributed by atoms with Crippen molar-refractivity contribution in [3.63, 3.8) is 0 Å². The number of imidazole rings is 1. The van der Waals surface area contributed by atoms with Crippen molar-refractivity contribution in [2.45, 2.75) is 49.7 Å². The van der Waals surface area contributed by atoms with Gasteiger partial charge in [-0.05, 0) is 23.8 Å². The summed E-state index contributed by atoms with van der Waals surface area (Å²) in [6.07, 6.45) is -2.09. The number of fused-ring (bicyclic) bond motifs is 2. The van der Waals surface area contributed by atoms with Crippen LogP contribution in [0.4, 0.5) is 25.2 Å². The number of benzene rings is 1. The first-order valence-corrected chi connectivity index (χ1v) is 13.3. The third-order valence-electron chi connectivity index (χ3n) is 5.48. The number of aromatic nitrogens is 3. The van der Waals surface area contributed by atoms with E-state index in [4.69, 9.17) is 25.8 Å². The molecule has 15 heteroatoms. The molecule has 0 amide bonds. The maximum Gasteiger partial charge on any atom is 0.310 e. The van der Waals surface area contributed by atoms with Gasteiger partial charge in [0.1, 0.15) is 29.0 Å². The Morgan fingerprint density at radius 3 is 2.42 bits per heavy atom. The lowest BCUT2D eigenvalue weighted by Gasteiger charge is -2.40. The van der Waals surface area contributed by atoms with Crippen LogP contribution in [0.3, 0.4) is 0 Å². The normalized spacial score (nSPS) is 25.5. The fraction of sp³-hybridized carbons (Fsp3) is 0.429. The van der Waals surface area contributed by atoms with Crippen LogP contribution in [0.5, 0.6) is 6.01 Å². The Morgan fingerprint density at radius 1 is 1.08 bits per heavy atom. The first-order valence-electron chi connectivity index (χ1n) is 11.0. The molecule has 2 aromatic heterocycles. The highest BCUT2D eigenvalue weighted by Gasteiger charge is 2.65. The van der Waals surface area contributed by atoms with Crippen LogP contribution in [0.25, 0.3) is 11.2 Å². The van der Waals surface area contributed by atoms with E-state index in [1.807, 2.05) is 13.8 Å². The van der Waals surface area contributed by atoms with Gasteiger partial charge in [-0.15, -0.1) is 0 Å². The number of aromatic amines is 1. The minimum absolute atomic E-state index is 0.0191. The molecule has 4 heterocycles. The van der Waals surface area contributed by atoms with Crippen LogP contribution >= 0.6 is 21.8 Å². The minimum Gasteiger partial charge on any atom is -0.456 e. The van der Waals surface area contributed by atoms with E-state index in [2.05, 4.69) is 20.3 Å². The number of halogens is 6. The van der Waals surface area contributed by atoms with E-state index < -0.39 is 39.5 Å². The number of nitrogens with one attached hydrogen (secondary N) is 2. The lowest BCUT2D eigenvalue weighted by atomic mass is 10.1. The zero-order chi connectivity index (χ0) is 26.4. The van der Waals surface area contributed by atoms with Crippen LogP contribution in [-0.4, -0.2) is 57.7 Å². The second-order valence-corrected chi connectivity index (χ2v) is 10.8. The van der Waals surface area contributed by atoms with Crippen LogP contribution in [0.15, 0.2) is 35.2 Å². The van der Waals surface area contributed by atoms with Crippen molar-refractivity contribution >= 4 is 38.8 Å². The Kier molecular flexibility index (Phi) is 6.57.